The summed E-state index contributed by atoms with van der Waals surface area (Å²) in [7, 11) is 0. The van der Waals surface area contributed by atoms with Crippen molar-refractivity contribution in [2.24, 2.45) is 5.10 Å². The first-order valence-corrected chi connectivity index (χ1v) is 8.67. The van der Waals surface area contributed by atoms with Crippen LogP contribution in [0.5, 0.6) is 0 Å². The van der Waals surface area contributed by atoms with Gasteiger partial charge in [-0.05, 0) is 18.6 Å². The molecule has 23 heavy (non-hydrogen) atoms. The molecule has 0 spiro atoms. The lowest BCUT2D eigenvalue weighted by Crippen LogP contribution is -2.52. The van der Waals surface area contributed by atoms with Crippen molar-refractivity contribution in [2.45, 2.75) is 25.8 Å². The Bertz CT molecular complexity index is 588. The summed E-state index contributed by atoms with van der Waals surface area (Å²) < 4.78 is 0. The Morgan fingerprint density at radius 1 is 1.52 bits per heavy atom. The number of fused-ring (bicyclic) bond motifs is 1. The molecule has 1 unspecified atom stereocenters. The second-order valence-corrected chi connectivity index (χ2v) is 6.46. The molecule has 0 bridgehead atoms. The smallest absolute Gasteiger partial charge is 0.110 e. The molecule has 0 amide bonds. The average molecular weight is 332 g/mol. The Morgan fingerprint density at radius 3 is 3.30 bits per heavy atom. The van der Waals surface area contributed by atoms with Crippen molar-refractivity contribution in [3.63, 3.8) is 0 Å². The second-order valence-electron chi connectivity index (χ2n) is 5.96. The largest absolute Gasteiger partial charge is 0.383 e. The van der Waals surface area contributed by atoms with Crippen molar-refractivity contribution in [1.82, 2.24) is 20.6 Å². The van der Waals surface area contributed by atoms with Gasteiger partial charge >= 0.3 is 0 Å². The summed E-state index contributed by atoms with van der Waals surface area (Å²) in [4.78, 5) is 7.57. The Morgan fingerprint density at radius 2 is 2.43 bits per heavy atom. The number of thiocarbonyl (C=S) groups is 1. The maximum Gasteiger partial charge on any atom is 0.110 e. The van der Waals surface area contributed by atoms with E-state index in [1.165, 1.54) is 0 Å². The van der Waals surface area contributed by atoms with Crippen molar-refractivity contribution < 1.29 is 0 Å². The highest BCUT2D eigenvalue weighted by Crippen LogP contribution is 2.18. The van der Waals surface area contributed by atoms with Gasteiger partial charge in [0.25, 0.3) is 0 Å². The van der Waals surface area contributed by atoms with Gasteiger partial charge in [0.05, 0.1) is 17.9 Å². The fourth-order valence-corrected chi connectivity index (χ4v) is 3.23. The van der Waals surface area contributed by atoms with E-state index in [0.717, 1.165) is 67.6 Å². The third-order valence-corrected chi connectivity index (χ3v) is 4.49. The van der Waals surface area contributed by atoms with Gasteiger partial charge in [0.15, 0.2) is 0 Å². The van der Waals surface area contributed by atoms with Gasteiger partial charge in [-0.1, -0.05) is 19.1 Å². The molecule has 3 heterocycles. The topological polar surface area (TPSA) is 64.6 Å². The molecule has 0 saturated carbocycles. The number of pyridine rings is 1. The fourth-order valence-electron chi connectivity index (χ4n) is 3.00. The highest BCUT2D eigenvalue weighted by molar-refractivity contribution is 7.80. The van der Waals surface area contributed by atoms with Crippen molar-refractivity contribution in [3.8, 4) is 0 Å². The molecule has 1 aromatic rings. The third kappa shape index (κ3) is 4.25. The van der Waals surface area contributed by atoms with Gasteiger partial charge in [0, 0.05) is 44.8 Å². The molecule has 3 rings (SSSR count). The lowest BCUT2D eigenvalue weighted by atomic mass is 10.1. The average Bonchev–Trinajstić information content (AvgIpc) is 2.60. The summed E-state index contributed by atoms with van der Waals surface area (Å²) in [5, 5.41) is 11.4. The first-order chi connectivity index (χ1) is 11.3. The monoisotopic (exact) mass is 332 g/mol. The molecule has 1 aromatic heterocycles. The maximum atomic E-state index is 5.46. The molecule has 7 heteroatoms. The SMILES string of the molecule is CCC1CN(CC(=S)N/N=C2/CCNc3cccnc32)CCN1. The summed E-state index contributed by atoms with van der Waals surface area (Å²) in [6, 6.07) is 4.53. The number of piperazine rings is 1. The van der Waals surface area contributed by atoms with Crippen LogP contribution in [0.25, 0.3) is 0 Å². The van der Waals surface area contributed by atoms with Gasteiger partial charge in [-0.15, -0.1) is 0 Å². The Hall–Kier alpha value is -1.57. The molecule has 124 valence electrons. The zero-order valence-electron chi connectivity index (χ0n) is 13.5. The third-order valence-electron chi connectivity index (χ3n) is 4.27. The number of nitrogens with zero attached hydrogens (tertiary/aromatic N) is 3. The summed E-state index contributed by atoms with van der Waals surface area (Å²) >= 11 is 5.46. The van der Waals surface area contributed by atoms with E-state index < -0.39 is 0 Å². The van der Waals surface area contributed by atoms with Crippen LogP contribution in [0.4, 0.5) is 5.69 Å². The molecular weight excluding hydrogens is 308 g/mol. The van der Waals surface area contributed by atoms with E-state index in [0.29, 0.717) is 6.04 Å². The normalized spacial score (nSPS) is 23.2. The van der Waals surface area contributed by atoms with E-state index in [1.54, 1.807) is 6.20 Å². The molecule has 0 radical (unpaired) electrons. The molecule has 1 atom stereocenters. The van der Waals surface area contributed by atoms with Crippen LogP contribution in [0.1, 0.15) is 25.5 Å². The Balaban J connectivity index is 1.57. The highest BCUT2D eigenvalue weighted by Gasteiger charge is 2.19. The predicted octanol–water partition coefficient (Wildman–Crippen LogP) is 1.20. The Labute approximate surface area is 142 Å². The number of rotatable bonds is 4. The number of anilines is 1. The van der Waals surface area contributed by atoms with Crippen LogP contribution in [-0.4, -0.2) is 59.3 Å². The number of hydrogen-bond donors (Lipinski definition) is 3. The van der Waals surface area contributed by atoms with Crippen LogP contribution >= 0.6 is 12.2 Å². The van der Waals surface area contributed by atoms with E-state index in [1.807, 2.05) is 12.1 Å². The van der Waals surface area contributed by atoms with E-state index in [-0.39, 0.29) is 0 Å². The van der Waals surface area contributed by atoms with Crippen LogP contribution in [0.2, 0.25) is 0 Å². The lowest BCUT2D eigenvalue weighted by molar-refractivity contribution is 0.220. The molecular formula is C16H24N6S. The Kier molecular flexibility index (Phi) is 5.53. The maximum absolute atomic E-state index is 5.46. The van der Waals surface area contributed by atoms with Crippen LogP contribution < -0.4 is 16.1 Å². The van der Waals surface area contributed by atoms with Crippen LogP contribution in [0.3, 0.4) is 0 Å². The lowest BCUT2D eigenvalue weighted by Gasteiger charge is -2.33. The number of aromatic nitrogens is 1. The van der Waals surface area contributed by atoms with Gasteiger partial charge in [-0.3, -0.25) is 15.3 Å². The molecule has 2 aliphatic heterocycles. The van der Waals surface area contributed by atoms with Gasteiger partial charge in [-0.25, -0.2) is 0 Å². The molecule has 1 saturated heterocycles. The fraction of sp³-hybridized carbons (Fsp3) is 0.562. The minimum absolute atomic E-state index is 0.568. The summed E-state index contributed by atoms with van der Waals surface area (Å²) in [6.45, 7) is 6.95. The zero-order chi connectivity index (χ0) is 16.1. The molecule has 0 aromatic carbocycles. The van der Waals surface area contributed by atoms with Crippen LogP contribution in [0.15, 0.2) is 23.4 Å². The summed E-state index contributed by atoms with van der Waals surface area (Å²) in [5.74, 6) is 0. The molecule has 0 aliphatic carbocycles. The van der Waals surface area contributed by atoms with Crippen molar-refractivity contribution in [2.75, 3.05) is 38.0 Å². The molecule has 1 fully saturated rings. The van der Waals surface area contributed by atoms with E-state index in [2.05, 4.69) is 38.0 Å². The molecule has 3 N–H and O–H groups in total. The minimum atomic E-state index is 0.568. The number of hydrazone groups is 1. The van der Waals surface area contributed by atoms with Crippen molar-refractivity contribution in [3.05, 3.63) is 24.0 Å². The summed E-state index contributed by atoms with van der Waals surface area (Å²) in [6.07, 6.45) is 3.80. The molecule has 6 nitrogen and oxygen atoms in total. The van der Waals surface area contributed by atoms with Gasteiger partial charge in [0.2, 0.25) is 0 Å². The van der Waals surface area contributed by atoms with Crippen LogP contribution in [0, 0.1) is 0 Å². The second kappa shape index (κ2) is 7.81. The van der Waals surface area contributed by atoms with Gasteiger partial charge in [0.1, 0.15) is 10.7 Å². The first-order valence-electron chi connectivity index (χ1n) is 8.26. The highest BCUT2D eigenvalue weighted by atomic mass is 32.1. The summed E-state index contributed by atoms with van der Waals surface area (Å²) in [5.41, 5.74) is 5.99. The van der Waals surface area contributed by atoms with Gasteiger partial charge in [-0.2, -0.15) is 5.10 Å². The van der Waals surface area contributed by atoms with Crippen molar-refractivity contribution in [1.29, 1.82) is 0 Å². The number of hydrogen-bond acceptors (Lipinski definition) is 6. The zero-order valence-corrected chi connectivity index (χ0v) is 14.3. The van der Waals surface area contributed by atoms with Crippen molar-refractivity contribution >= 4 is 28.6 Å². The van der Waals surface area contributed by atoms with E-state index >= 15 is 0 Å². The standard InChI is InChI=1S/C16H24N6S/c1-2-12-10-22(9-8-17-12)11-15(23)21-20-14-5-7-18-13-4-3-6-19-16(13)14/h3-4,6,12,17-18H,2,5,7-11H2,1H3,(H,21,23)/b20-14-. The van der Waals surface area contributed by atoms with Crippen LogP contribution in [-0.2, 0) is 0 Å². The predicted molar refractivity (Wildman–Crippen MR) is 98.1 cm³/mol. The number of nitrogens with one attached hydrogen (secondary N) is 3. The van der Waals surface area contributed by atoms with E-state index in [9.17, 15) is 0 Å². The van der Waals surface area contributed by atoms with Gasteiger partial charge < -0.3 is 10.6 Å². The minimum Gasteiger partial charge on any atom is -0.383 e. The quantitative estimate of drug-likeness (QED) is 0.569. The first kappa shape index (κ1) is 16.3. The molecule has 2 aliphatic rings. The van der Waals surface area contributed by atoms with E-state index in [4.69, 9.17) is 12.2 Å².